The third-order valence-corrected chi connectivity index (χ3v) is 3.63. The van der Waals surface area contributed by atoms with Crippen molar-refractivity contribution in [2.45, 2.75) is 38.8 Å². The maximum atomic E-state index is 13.4. The van der Waals surface area contributed by atoms with Crippen LogP contribution in [-0.4, -0.2) is 34.7 Å². The molecule has 1 unspecified atom stereocenters. The minimum Gasteiger partial charge on any atom is -0.423 e. The molecule has 0 amide bonds. The molecule has 0 saturated carbocycles. The first-order valence-electron chi connectivity index (χ1n) is 6.49. The summed E-state index contributed by atoms with van der Waals surface area (Å²) in [6.45, 7) is 3.87. The summed E-state index contributed by atoms with van der Waals surface area (Å²) in [6.07, 6.45) is 3.48. The van der Waals surface area contributed by atoms with Gasteiger partial charge in [0.1, 0.15) is 5.82 Å². The summed E-state index contributed by atoms with van der Waals surface area (Å²) in [7, 11) is -1.61. The van der Waals surface area contributed by atoms with E-state index in [1.54, 1.807) is 6.07 Å². The number of halogens is 1. The lowest BCUT2D eigenvalue weighted by atomic mass is 9.79. The zero-order valence-electron chi connectivity index (χ0n) is 10.6. The summed E-state index contributed by atoms with van der Waals surface area (Å²) in [5, 5.41) is 18.2. The molecule has 98 valence electrons. The minimum atomic E-state index is -1.61. The van der Waals surface area contributed by atoms with E-state index in [9.17, 15) is 4.39 Å². The van der Waals surface area contributed by atoms with Crippen molar-refractivity contribution >= 4 is 12.6 Å². The SMILES string of the molecule is CCC1CCCN1Cc1cc(F)cc(B(O)O)c1. The molecule has 1 aliphatic heterocycles. The summed E-state index contributed by atoms with van der Waals surface area (Å²) in [4.78, 5) is 2.34. The highest BCUT2D eigenvalue weighted by molar-refractivity contribution is 6.58. The molecule has 1 aliphatic rings. The quantitative estimate of drug-likeness (QED) is 0.781. The van der Waals surface area contributed by atoms with E-state index < -0.39 is 12.9 Å². The molecule has 1 heterocycles. The fourth-order valence-electron chi connectivity index (χ4n) is 2.72. The van der Waals surface area contributed by atoms with Gasteiger partial charge in [-0.1, -0.05) is 13.0 Å². The minimum absolute atomic E-state index is 0.220. The number of rotatable bonds is 4. The van der Waals surface area contributed by atoms with E-state index in [4.69, 9.17) is 10.0 Å². The first-order valence-corrected chi connectivity index (χ1v) is 6.49. The Morgan fingerprint density at radius 1 is 1.39 bits per heavy atom. The van der Waals surface area contributed by atoms with E-state index in [2.05, 4.69) is 11.8 Å². The van der Waals surface area contributed by atoms with Gasteiger partial charge < -0.3 is 10.0 Å². The zero-order valence-corrected chi connectivity index (χ0v) is 10.6. The Morgan fingerprint density at radius 2 is 2.17 bits per heavy atom. The number of hydrogen-bond donors (Lipinski definition) is 2. The molecular weight excluding hydrogens is 232 g/mol. The predicted molar refractivity (Wildman–Crippen MR) is 69.9 cm³/mol. The molecule has 0 radical (unpaired) electrons. The Hall–Kier alpha value is -0.905. The molecule has 2 N–H and O–H groups in total. The predicted octanol–water partition coefficient (Wildman–Crippen LogP) is 0.880. The molecule has 0 spiro atoms. The van der Waals surface area contributed by atoms with Gasteiger partial charge in [0.2, 0.25) is 0 Å². The highest BCUT2D eigenvalue weighted by Crippen LogP contribution is 2.22. The van der Waals surface area contributed by atoms with E-state index in [-0.39, 0.29) is 5.46 Å². The first-order chi connectivity index (χ1) is 8.60. The van der Waals surface area contributed by atoms with E-state index in [1.807, 2.05) is 0 Å². The summed E-state index contributed by atoms with van der Waals surface area (Å²) in [6, 6.07) is 4.86. The second-order valence-electron chi connectivity index (χ2n) is 4.94. The van der Waals surface area contributed by atoms with Crippen LogP contribution in [0.3, 0.4) is 0 Å². The molecule has 1 aromatic rings. The Bertz CT molecular complexity index is 414. The van der Waals surface area contributed by atoms with Gasteiger partial charge in [-0.05, 0) is 49.0 Å². The van der Waals surface area contributed by atoms with E-state index in [0.29, 0.717) is 12.6 Å². The van der Waals surface area contributed by atoms with E-state index >= 15 is 0 Å². The maximum absolute atomic E-state index is 13.4. The third-order valence-electron chi connectivity index (χ3n) is 3.63. The average molecular weight is 251 g/mol. The van der Waals surface area contributed by atoms with Crippen LogP contribution >= 0.6 is 0 Å². The lowest BCUT2D eigenvalue weighted by Crippen LogP contribution is -2.32. The van der Waals surface area contributed by atoms with Gasteiger partial charge in [-0.3, -0.25) is 4.90 Å². The van der Waals surface area contributed by atoms with Crippen molar-refractivity contribution in [2.75, 3.05) is 6.54 Å². The molecule has 0 aromatic heterocycles. The second-order valence-corrected chi connectivity index (χ2v) is 4.94. The fraction of sp³-hybridized carbons (Fsp3) is 0.538. The Balaban J connectivity index is 2.13. The average Bonchev–Trinajstić information content (AvgIpc) is 2.75. The van der Waals surface area contributed by atoms with Crippen molar-refractivity contribution in [2.24, 2.45) is 0 Å². The molecule has 0 bridgehead atoms. The molecule has 18 heavy (non-hydrogen) atoms. The van der Waals surface area contributed by atoms with Crippen molar-refractivity contribution in [1.82, 2.24) is 4.90 Å². The van der Waals surface area contributed by atoms with Crippen molar-refractivity contribution in [3.8, 4) is 0 Å². The molecule has 3 nitrogen and oxygen atoms in total. The monoisotopic (exact) mass is 251 g/mol. The van der Waals surface area contributed by atoms with Crippen LogP contribution in [0.2, 0.25) is 0 Å². The third kappa shape index (κ3) is 3.10. The highest BCUT2D eigenvalue weighted by atomic mass is 19.1. The van der Waals surface area contributed by atoms with Gasteiger partial charge in [-0.2, -0.15) is 0 Å². The Kier molecular flexibility index (Phi) is 4.38. The molecule has 1 aromatic carbocycles. The van der Waals surface area contributed by atoms with Crippen LogP contribution in [0.5, 0.6) is 0 Å². The summed E-state index contributed by atoms with van der Waals surface area (Å²) in [5.41, 5.74) is 1.02. The van der Waals surface area contributed by atoms with Crippen LogP contribution < -0.4 is 5.46 Å². The van der Waals surface area contributed by atoms with Gasteiger partial charge in [-0.15, -0.1) is 0 Å². The largest absolute Gasteiger partial charge is 0.488 e. The number of benzene rings is 1. The maximum Gasteiger partial charge on any atom is 0.488 e. The molecular formula is C13H19BFNO2. The van der Waals surface area contributed by atoms with Crippen molar-refractivity contribution in [3.05, 3.63) is 29.6 Å². The van der Waals surface area contributed by atoms with Gasteiger partial charge in [0.05, 0.1) is 0 Å². The molecule has 1 saturated heterocycles. The fourth-order valence-corrected chi connectivity index (χ4v) is 2.72. The zero-order chi connectivity index (χ0) is 13.1. The molecule has 2 rings (SSSR count). The summed E-state index contributed by atoms with van der Waals surface area (Å²) >= 11 is 0. The summed E-state index contributed by atoms with van der Waals surface area (Å²) in [5.74, 6) is -0.414. The van der Waals surface area contributed by atoms with Crippen LogP contribution in [-0.2, 0) is 6.54 Å². The van der Waals surface area contributed by atoms with Crippen LogP contribution in [0, 0.1) is 5.82 Å². The summed E-state index contributed by atoms with van der Waals surface area (Å²) < 4.78 is 13.4. The van der Waals surface area contributed by atoms with Crippen LogP contribution in [0.1, 0.15) is 31.7 Å². The van der Waals surface area contributed by atoms with Crippen molar-refractivity contribution in [1.29, 1.82) is 0 Å². The number of hydrogen-bond acceptors (Lipinski definition) is 3. The van der Waals surface area contributed by atoms with Crippen LogP contribution in [0.15, 0.2) is 18.2 Å². The Labute approximate surface area is 107 Å². The number of likely N-dealkylation sites (tertiary alicyclic amines) is 1. The normalized spacial score (nSPS) is 20.3. The van der Waals surface area contributed by atoms with Crippen LogP contribution in [0.25, 0.3) is 0 Å². The topological polar surface area (TPSA) is 43.7 Å². The number of nitrogens with zero attached hydrogens (tertiary/aromatic N) is 1. The van der Waals surface area contributed by atoms with E-state index in [1.165, 1.54) is 18.9 Å². The van der Waals surface area contributed by atoms with Gasteiger partial charge in [0, 0.05) is 12.6 Å². The van der Waals surface area contributed by atoms with Crippen LogP contribution in [0.4, 0.5) is 4.39 Å². The Morgan fingerprint density at radius 3 is 2.83 bits per heavy atom. The lowest BCUT2D eigenvalue weighted by Gasteiger charge is -2.23. The van der Waals surface area contributed by atoms with Crippen molar-refractivity contribution in [3.63, 3.8) is 0 Å². The first kappa shape index (κ1) is 13.5. The van der Waals surface area contributed by atoms with Gasteiger partial charge >= 0.3 is 7.12 Å². The van der Waals surface area contributed by atoms with Gasteiger partial charge in [0.15, 0.2) is 0 Å². The second kappa shape index (κ2) is 5.82. The molecule has 1 atom stereocenters. The molecule has 0 aliphatic carbocycles. The van der Waals surface area contributed by atoms with Crippen molar-refractivity contribution < 1.29 is 14.4 Å². The van der Waals surface area contributed by atoms with Gasteiger partial charge in [0.25, 0.3) is 0 Å². The standard InChI is InChI=1S/C13H19BFNO2/c1-2-13-4-3-5-16(13)9-10-6-11(14(17)18)8-12(15)7-10/h6-8,13,17-18H,2-5,9H2,1H3. The highest BCUT2D eigenvalue weighted by Gasteiger charge is 2.23. The van der Waals surface area contributed by atoms with E-state index in [0.717, 1.165) is 24.6 Å². The molecule has 1 fully saturated rings. The molecule has 5 heteroatoms. The smallest absolute Gasteiger partial charge is 0.423 e. The van der Waals surface area contributed by atoms with Gasteiger partial charge in [-0.25, -0.2) is 4.39 Å². The lowest BCUT2D eigenvalue weighted by molar-refractivity contribution is 0.240.